The third-order valence-corrected chi connectivity index (χ3v) is 5.53. The highest BCUT2D eigenvalue weighted by Gasteiger charge is 2.42. The van der Waals surface area contributed by atoms with Crippen LogP contribution in [0, 0.1) is 11.8 Å². The van der Waals surface area contributed by atoms with E-state index in [1.165, 1.54) is 26.0 Å². The Labute approximate surface area is 168 Å². The van der Waals surface area contributed by atoms with Crippen LogP contribution in [0.4, 0.5) is 9.59 Å². The third kappa shape index (κ3) is 3.72. The quantitative estimate of drug-likeness (QED) is 0.689. The molecule has 2 fully saturated rings. The van der Waals surface area contributed by atoms with Crippen LogP contribution in [0.25, 0.3) is 0 Å². The fraction of sp³-hybridized carbons (Fsp3) is 0.450. The van der Waals surface area contributed by atoms with Crippen molar-refractivity contribution in [3.05, 3.63) is 35.4 Å². The Hall–Kier alpha value is -3.23. The van der Waals surface area contributed by atoms with Gasteiger partial charge in [0, 0.05) is 34.7 Å². The van der Waals surface area contributed by atoms with Gasteiger partial charge in [0.2, 0.25) is 17.7 Å². The van der Waals surface area contributed by atoms with E-state index < -0.39 is 23.8 Å². The van der Waals surface area contributed by atoms with E-state index in [9.17, 15) is 24.0 Å². The van der Waals surface area contributed by atoms with Crippen LogP contribution in [0.1, 0.15) is 11.1 Å². The minimum atomic E-state index is -0.954. The maximum absolute atomic E-state index is 12.4. The van der Waals surface area contributed by atoms with E-state index in [1.807, 2.05) is 24.3 Å². The summed E-state index contributed by atoms with van der Waals surface area (Å²) in [7, 11) is 5.85. The first-order valence-corrected chi connectivity index (χ1v) is 9.31. The van der Waals surface area contributed by atoms with E-state index in [-0.39, 0.29) is 24.3 Å². The molecule has 2 heterocycles. The molecule has 9 heteroatoms. The van der Waals surface area contributed by atoms with Crippen molar-refractivity contribution >= 4 is 29.8 Å². The van der Waals surface area contributed by atoms with Crippen molar-refractivity contribution in [2.45, 2.75) is 12.8 Å². The molecule has 2 aliphatic rings. The summed E-state index contributed by atoms with van der Waals surface area (Å²) in [6, 6.07) is 6.40. The van der Waals surface area contributed by atoms with E-state index in [4.69, 9.17) is 0 Å². The molecule has 1 aromatic carbocycles. The number of barbiturate groups is 1. The van der Waals surface area contributed by atoms with Crippen molar-refractivity contribution in [2.24, 2.45) is 11.8 Å². The predicted molar refractivity (Wildman–Crippen MR) is 103 cm³/mol. The number of hydrogen-bond donors (Lipinski definition) is 0. The van der Waals surface area contributed by atoms with Crippen molar-refractivity contribution in [2.75, 3.05) is 34.7 Å². The van der Waals surface area contributed by atoms with Crippen molar-refractivity contribution in [1.29, 1.82) is 0 Å². The zero-order valence-electron chi connectivity index (χ0n) is 16.9. The standard InChI is InChI=1S/C20H24N4O5/c1-21-11-14(16(25)22(2)19(21)28)9-12-6-5-7-13(8-12)10-15-17(26)23(3)20(29)24(4)18(15)27/h5-8,14-15H,9-11H2,1-4H3. The summed E-state index contributed by atoms with van der Waals surface area (Å²) < 4.78 is 0. The van der Waals surface area contributed by atoms with E-state index in [0.29, 0.717) is 13.0 Å². The van der Waals surface area contributed by atoms with Gasteiger partial charge in [-0.25, -0.2) is 9.59 Å². The molecule has 9 nitrogen and oxygen atoms in total. The van der Waals surface area contributed by atoms with E-state index in [1.54, 1.807) is 7.05 Å². The van der Waals surface area contributed by atoms with Crippen molar-refractivity contribution < 1.29 is 24.0 Å². The lowest BCUT2D eigenvalue weighted by molar-refractivity contribution is -0.147. The lowest BCUT2D eigenvalue weighted by atomic mass is 9.91. The zero-order valence-corrected chi connectivity index (χ0v) is 16.9. The molecule has 154 valence electrons. The number of amides is 7. The molecule has 2 aliphatic heterocycles. The number of nitrogens with zero attached hydrogens (tertiary/aromatic N) is 4. The second-order valence-corrected chi connectivity index (χ2v) is 7.62. The smallest absolute Gasteiger partial charge is 0.327 e. The highest BCUT2D eigenvalue weighted by atomic mass is 16.2. The molecule has 2 saturated heterocycles. The number of carbonyl (C=O) groups excluding carboxylic acids is 5. The summed E-state index contributed by atoms with van der Waals surface area (Å²) in [6.07, 6.45) is 0.615. The molecule has 29 heavy (non-hydrogen) atoms. The number of benzene rings is 1. The average Bonchev–Trinajstić information content (AvgIpc) is 2.71. The first kappa shape index (κ1) is 20.5. The molecule has 1 unspecified atom stereocenters. The fourth-order valence-electron chi connectivity index (χ4n) is 3.83. The summed E-state index contributed by atoms with van der Waals surface area (Å²) in [4.78, 5) is 65.6. The minimum absolute atomic E-state index is 0.171. The van der Waals surface area contributed by atoms with E-state index in [0.717, 1.165) is 25.8 Å². The highest BCUT2D eigenvalue weighted by Crippen LogP contribution is 2.23. The Kier molecular flexibility index (Phi) is 5.41. The topological polar surface area (TPSA) is 98.3 Å². The van der Waals surface area contributed by atoms with Crippen molar-refractivity contribution in [1.82, 2.24) is 19.6 Å². The largest absolute Gasteiger partial charge is 0.332 e. The summed E-state index contributed by atoms with van der Waals surface area (Å²) in [5.41, 5.74) is 1.65. The maximum atomic E-state index is 12.4. The van der Waals surface area contributed by atoms with Crippen LogP contribution < -0.4 is 0 Å². The predicted octanol–water partition coefficient (Wildman–Crippen LogP) is 0.578. The van der Waals surface area contributed by atoms with Crippen LogP contribution in [0.15, 0.2) is 24.3 Å². The SMILES string of the molecule is CN1CC(Cc2cccc(CC3C(=O)N(C)C(=O)N(C)C3=O)c2)C(=O)N(C)C1=O. The number of rotatable bonds is 4. The molecule has 7 amide bonds. The van der Waals surface area contributed by atoms with Crippen molar-refractivity contribution in [3.63, 3.8) is 0 Å². The van der Waals surface area contributed by atoms with Crippen LogP contribution >= 0.6 is 0 Å². The number of hydrogen-bond acceptors (Lipinski definition) is 5. The molecule has 0 saturated carbocycles. The normalized spacial score (nSPS) is 21.5. The summed E-state index contributed by atoms with van der Waals surface area (Å²) >= 11 is 0. The molecule has 0 aromatic heterocycles. The number of imide groups is 3. The highest BCUT2D eigenvalue weighted by molar-refractivity contribution is 6.15. The summed E-state index contributed by atoms with van der Waals surface area (Å²) in [5, 5.41) is 0. The molecular weight excluding hydrogens is 376 g/mol. The molecule has 0 aliphatic carbocycles. The Morgan fingerprint density at radius 3 is 1.86 bits per heavy atom. The Morgan fingerprint density at radius 2 is 1.28 bits per heavy atom. The summed E-state index contributed by atoms with van der Waals surface area (Å²) in [6.45, 7) is 0.337. The third-order valence-electron chi connectivity index (χ3n) is 5.53. The lowest BCUT2D eigenvalue weighted by Gasteiger charge is -2.34. The van der Waals surface area contributed by atoms with Gasteiger partial charge in [-0.3, -0.25) is 29.1 Å². The van der Waals surface area contributed by atoms with Crippen LogP contribution in [-0.4, -0.2) is 84.1 Å². The second kappa shape index (κ2) is 7.65. The zero-order chi connectivity index (χ0) is 21.5. The lowest BCUT2D eigenvalue weighted by Crippen LogP contribution is -2.57. The molecule has 0 radical (unpaired) electrons. The first-order valence-electron chi connectivity index (χ1n) is 9.31. The van der Waals surface area contributed by atoms with Crippen LogP contribution in [0.5, 0.6) is 0 Å². The molecule has 1 atom stereocenters. The van der Waals surface area contributed by atoms with Gasteiger partial charge < -0.3 is 4.90 Å². The van der Waals surface area contributed by atoms with Gasteiger partial charge in [-0.1, -0.05) is 24.3 Å². The van der Waals surface area contributed by atoms with Crippen LogP contribution in [0.2, 0.25) is 0 Å². The molecule has 0 bridgehead atoms. The van der Waals surface area contributed by atoms with Crippen molar-refractivity contribution in [3.8, 4) is 0 Å². The number of carbonyl (C=O) groups is 5. The summed E-state index contributed by atoms with van der Waals surface area (Å²) in [5.74, 6) is -2.58. The Morgan fingerprint density at radius 1 is 0.759 bits per heavy atom. The van der Waals surface area contributed by atoms with Gasteiger partial charge in [0.25, 0.3) is 0 Å². The number of urea groups is 2. The van der Waals surface area contributed by atoms with E-state index in [2.05, 4.69) is 0 Å². The van der Waals surface area contributed by atoms with Gasteiger partial charge in [-0.05, 0) is 24.0 Å². The van der Waals surface area contributed by atoms with Crippen LogP contribution in [-0.2, 0) is 27.2 Å². The van der Waals surface area contributed by atoms with Gasteiger partial charge in [0.05, 0.1) is 5.92 Å². The monoisotopic (exact) mass is 400 g/mol. The molecule has 0 spiro atoms. The molecule has 0 N–H and O–H groups in total. The molecule has 1 aromatic rings. The van der Waals surface area contributed by atoms with Gasteiger partial charge in [-0.2, -0.15) is 0 Å². The minimum Gasteiger partial charge on any atom is -0.327 e. The fourth-order valence-corrected chi connectivity index (χ4v) is 3.83. The maximum Gasteiger partial charge on any atom is 0.332 e. The van der Waals surface area contributed by atoms with Gasteiger partial charge in [-0.15, -0.1) is 0 Å². The van der Waals surface area contributed by atoms with Gasteiger partial charge in [0.1, 0.15) is 5.92 Å². The molecule has 3 rings (SSSR count). The van der Waals surface area contributed by atoms with Gasteiger partial charge in [0.15, 0.2) is 0 Å². The van der Waals surface area contributed by atoms with E-state index >= 15 is 0 Å². The Balaban J connectivity index is 1.76. The van der Waals surface area contributed by atoms with Gasteiger partial charge >= 0.3 is 12.1 Å². The first-order chi connectivity index (χ1) is 13.6. The molecular formula is C20H24N4O5. The van der Waals surface area contributed by atoms with Crippen LogP contribution in [0.3, 0.4) is 0 Å². The Bertz CT molecular complexity index is 875. The average molecular weight is 400 g/mol. The second-order valence-electron chi connectivity index (χ2n) is 7.62.